The Kier molecular flexibility index (Phi) is 3.81. The third-order valence-electron chi connectivity index (χ3n) is 3.20. The molecule has 1 amide bonds. The Balaban J connectivity index is 1.85. The van der Waals surface area contributed by atoms with Crippen LogP contribution < -0.4 is 5.32 Å². The van der Waals surface area contributed by atoms with Gasteiger partial charge in [0, 0.05) is 11.3 Å². The number of aryl methyl sites for hydroxylation is 1. The Hall–Kier alpha value is -2.41. The van der Waals surface area contributed by atoms with Gasteiger partial charge in [0.15, 0.2) is 0 Å². The van der Waals surface area contributed by atoms with Crippen molar-refractivity contribution in [1.82, 2.24) is 4.98 Å². The number of benzene rings is 2. The first-order chi connectivity index (χ1) is 10.8. The Labute approximate surface area is 133 Å². The first-order valence-electron chi connectivity index (χ1n) is 6.69. The van der Waals surface area contributed by atoms with Gasteiger partial charge in [-0.15, -0.1) is 11.3 Å². The minimum absolute atomic E-state index is 0.0469. The fourth-order valence-corrected chi connectivity index (χ4v) is 2.97. The fourth-order valence-electron chi connectivity index (χ4n) is 2.16. The van der Waals surface area contributed by atoms with Crippen LogP contribution in [0.4, 0.5) is 18.9 Å². The minimum atomic E-state index is -4.48. The van der Waals surface area contributed by atoms with Gasteiger partial charge in [-0.2, -0.15) is 13.2 Å². The van der Waals surface area contributed by atoms with Crippen LogP contribution in [0.15, 0.2) is 42.5 Å². The number of nitrogens with zero attached hydrogens (tertiary/aromatic N) is 1. The Morgan fingerprint density at radius 2 is 1.96 bits per heavy atom. The van der Waals surface area contributed by atoms with E-state index in [1.807, 2.05) is 13.0 Å². The number of hydrogen-bond acceptors (Lipinski definition) is 3. The molecular formula is C16H11F3N2OS. The van der Waals surface area contributed by atoms with Crippen LogP contribution >= 0.6 is 11.3 Å². The molecular weight excluding hydrogens is 325 g/mol. The van der Waals surface area contributed by atoms with Gasteiger partial charge < -0.3 is 5.32 Å². The van der Waals surface area contributed by atoms with E-state index < -0.39 is 17.6 Å². The summed E-state index contributed by atoms with van der Waals surface area (Å²) < 4.78 is 39.1. The predicted molar refractivity (Wildman–Crippen MR) is 83.8 cm³/mol. The number of rotatable bonds is 2. The van der Waals surface area contributed by atoms with Gasteiger partial charge in [-0.25, -0.2) is 4.98 Å². The van der Waals surface area contributed by atoms with Crippen molar-refractivity contribution < 1.29 is 18.0 Å². The molecule has 0 saturated heterocycles. The van der Waals surface area contributed by atoms with Crippen molar-refractivity contribution >= 4 is 33.1 Å². The maximum atomic E-state index is 12.7. The zero-order chi connectivity index (χ0) is 16.6. The molecule has 0 atom stereocenters. The number of thiazole rings is 1. The minimum Gasteiger partial charge on any atom is -0.322 e. The fraction of sp³-hybridized carbons (Fsp3) is 0.125. The molecule has 1 heterocycles. The monoisotopic (exact) mass is 336 g/mol. The maximum absolute atomic E-state index is 12.7. The summed E-state index contributed by atoms with van der Waals surface area (Å²) in [6.07, 6.45) is -4.48. The van der Waals surface area contributed by atoms with E-state index in [9.17, 15) is 18.0 Å². The molecule has 3 rings (SSSR count). The van der Waals surface area contributed by atoms with Gasteiger partial charge in [-0.05, 0) is 43.3 Å². The van der Waals surface area contributed by atoms with Crippen molar-refractivity contribution in [3.05, 3.63) is 58.6 Å². The third kappa shape index (κ3) is 3.34. The van der Waals surface area contributed by atoms with Gasteiger partial charge in [0.1, 0.15) is 0 Å². The second-order valence-corrected chi connectivity index (χ2v) is 6.18. The van der Waals surface area contributed by atoms with Gasteiger partial charge in [0.05, 0.1) is 20.8 Å². The molecule has 0 saturated carbocycles. The molecule has 23 heavy (non-hydrogen) atoms. The molecule has 1 aromatic heterocycles. The van der Waals surface area contributed by atoms with Crippen LogP contribution in [0.25, 0.3) is 10.2 Å². The van der Waals surface area contributed by atoms with Crippen LogP contribution in [-0.2, 0) is 6.18 Å². The number of carbonyl (C=O) groups is 1. The molecule has 0 aliphatic rings. The summed E-state index contributed by atoms with van der Waals surface area (Å²) in [6.45, 7) is 1.88. The lowest BCUT2D eigenvalue weighted by atomic mass is 10.1. The zero-order valence-electron chi connectivity index (χ0n) is 11.9. The highest BCUT2D eigenvalue weighted by Gasteiger charge is 2.30. The molecule has 0 aliphatic heterocycles. The summed E-state index contributed by atoms with van der Waals surface area (Å²) in [5.41, 5.74) is 0.338. The summed E-state index contributed by atoms with van der Waals surface area (Å²) in [5.74, 6) is -0.595. The highest BCUT2D eigenvalue weighted by atomic mass is 32.1. The highest BCUT2D eigenvalue weighted by molar-refractivity contribution is 7.18. The Morgan fingerprint density at radius 3 is 2.70 bits per heavy atom. The Bertz CT molecular complexity index is 886. The largest absolute Gasteiger partial charge is 0.416 e. The standard InChI is InChI=1S/C16H11F3N2OS/c1-9-20-13-8-12(5-6-14(13)23-9)21-15(22)10-3-2-4-11(7-10)16(17,18)19/h2-8H,1H3,(H,21,22). The normalized spacial score (nSPS) is 11.7. The number of nitrogens with one attached hydrogen (secondary N) is 1. The summed E-state index contributed by atoms with van der Waals surface area (Å²) >= 11 is 1.53. The summed E-state index contributed by atoms with van der Waals surface area (Å²) in [6, 6.07) is 9.54. The Morgan fingerprint density at radius 1 is 1.17 bits per heavy atom. The highest BCUT2D eigenvalue weighted by Crippen LogP contribution is 2.30. The second kappa shape index (κ2) is 5.66. The maximum Gasteiger partial charge on any atom is 0.416 e. The van der Waals surface area contributed by atoms with E-state index in [1.165, 1.54) is 23.5 Å². The van der Waals surface area contributed by atoms with E-state index in [0.717, 1.165) is 27.4 Å². The van der Waals surface area contributed by atoms with Crippen molar-refractivity contribution in [2.75, 3.05) is 5.32 Å². The number of anilines is 1. The lowest BCUT2D eigenvalue weighted by Crippen LogP contribution is -2.13. The molecule has 0 unspecified atom stereocenters. The topological polar surface area (TPSA) is 42.0 Å². The zero-order valence-corrected chi connectivity index (χ0v) is 12.8. The summed E-state index contributed by atoms with van der Waals surface area (Å²) in [7, 11) is 0. The molecule has 3 nitrogen and oxygen atoms in total. The van der Waals surface area contributed by atoms with Gasteiger partial charge in [0.2, 0.25) is 0 Å². The second-order valence-electron chi connectivity index (χ2n) is 4.95. The van der Waals surface area contributed by atoms with Crippen LogP contribution in [-0.4, -0.2) is 10.9 Å². The molecule has 2 aromatic carbocycles. The van der Waals surface area contributed by atoms with Crippen molar-refractivity contribution in [2.24, 2.45) is 0 Å². The van der Waals surface area contributed by atoms with Gasteiger partial charge >= 0.3 is 6.18 Å². The molecule has 0 fully saturated rings. The van der Waals surface area contributed by atoms with Crippen molar-refractivity contribution in [3.63, 3.8) is 0 Å². The van der Waals surface area contributed by atoms with Crippen LogP contribution in [0.2, 0.25) is 0 Å². The van der Waals surface area contributed by atoms with Crippen LogP contribution in [0.1, 0.15) is 20.9 Å². The molecule has 0 aliphatic carbocycles. The summed E-state index contributed by atoms with van der Waals surface area (Å²) in [5, 5.41) is 3.50. The van der Waals surface area contributed by atoms with Crippen LogP contribution in [0.3, 0.4) is 0 Å². The predicted octanol–water partition coefficient (Wildman–Crippen LogP) is 4.88. The smallest absolute Gasteiger partial charge is 0.322 e. The quantitative estimate of drug-likeness (QED) is 0.725. The van der Waals surface area contributed by atoms with Crippen molar-refractivity contribution in [1.29, 1.82) is 0 Å². The molecule has 0 bridgehead atoms. The van der Waals surface area contributed by atoms with Gasteiger partial charge in [-0.1, -0.05) is 6.07 Å². The SMILES string of the molecule is Cc1nc2cc(NC(=O)c3cccc(C(F)(F)F)c3)ccc2s1. The van der Waals surface area contributed by atoms with Crippen LogP contribution in [0.5, 0.6) is 0 Å². The van der Waals surface area contributed by atoms with E-state index in [-0.39, 0.29) is 5.56 Å². The number of halogens is 3. The average Bonchev–Trinajstić information content (AvgIpc) is 2.86. The molecule has 0 radical (unpaired) electrons. The number of fused-ring (bicyclic) bond motifs is 1. The number of amides is 1. The van der Waals surface area contributed by atoms with E-state index in [2.05, 4.69) is 10.3 Å². The first kappa shape index (κ1) is 15.5. The molecule has 0 spiro atoms. The van der Waals surface area contributed by atoms with E-state index >= 15 is 0 Å². The molecule has 1 N–H and O–H groups in total. The average molecular weight is 336 g/mol. The molecule has 118 valence electrons. The van der Waals surface area contributed by atoms with E-state index in [0.29, 0.717) is 5.69 Å². The number of alkyl halides is 3. The third-order valence-corrected chi connectivity index (χ3v) is 4.16. The number of hydrogen-bond donors (Lipinski definition) is 1. The van der Waals surface area contributed by atoms with Crippen molar-refractivity contribution in [3.8, 4) is 0 Å². The number of aromatic nitrogens is 1. The van der Waals surface area contributed by atoms with Crippen LogP contribution in [0, 0.1) is 6.92 Å². The first-order valence-corrected chi connectivity index (χ1v) is 7.50. The summed E-state index contributed by atoms with van der Waals surface area (Å²) in [4.78, 5) is 16.5. The number of carbonyl (C=O) groups excluding carboxylic acids is 1. The lowest BCUT2D eigenvalue weighted by Gasteiger charge is -2.09. The molecule has 7 heteroatoms. The van der Waals surface area contributed by atoms with Crippen molar-refractivity contribution in [2.45, 2.75) is 13.1 Å². The van der Waals surface area contributed by atoms with E-state index in [4.69, 9.17) is 0 Å². The van der Waals surface area contributed by atoms with E-state index in [1.54, 1.807) is 12.1 Å². The van der Waals surface area contributed by atoms with Gasteiger partial charge in [-0.3, -0.25) is 4.79 Å². The molecule has 3 aromatic rings. The lowest BCUT2D eigenvalue weighted by molar-refractivity contribution is -0.137. The van der Waals surface area contributed by atoms with Gasteiger partial charge in [0.25, 0.3) is 5.91 Å².